The number of pyridine rings is 1. The van der Waals surface area contributed by atoms with Gasteiger partial charge < -0.3 is 10.6 Å². The minimum absolute atomic E-state index is 0.189. The fraction of sp³-hybridized carbons (Fsp3) is 0.235. The molecule has 1 aromatic heterocycles. The summed E-state index contributed by atoms with van der Waals surface area (Å²) in [6, 6.07) is 8.22. The van der Waals surface area contributed by atoms with Gasteiger partial charge in [0.1, 0.15) is 5.82 Å². The van der Waals surface area contributed by atoms with Gasteiger partial charge in [-0.15, -0.1) is 0 Å². The van der Waals surface area contributed by atoms with Crippen molar-refractivity contribution in [2.75, 3.05) is 13.1 Å². The number of halogens is 1. The summed E-state index contributed by atoms with van der Waals surface area (Å²) in [7, 11) is 0. The van der Waals surface area contributed by atoms with E-state index in [9.17, 15) is 14.0 Å². The molecule has 0 spiro atoms. The maximum absolute atomic E-state index is 13.7. The number of likely N-dealkylation sites (tertiary alicyclic amines) is 1. The Morgan fingerprint density at radius 2 is 2.00 bits per heavy atom. The van der Waals surface area contributed by atoms with E-state index in [1.54, 1.807) is 35.4 Å². The normalized spacial score (nSPS) is 14.4. The summed E-state index contributed by atoms with van der Waals surface area (Å²) in [4.78, 5) is 29.0. The van der Waals surface area contributed by atoms with Crippen LogP contribution in [-0.4, -0.2) is 34.8 Å². The summed E-state index contributed by atoms with van der Waals surface area (Å²) < 4.78 is 13.7. The molecule has 1 aliphatic heterocycles. The van der Waals surface area contributed by atoms with Gasteiger partial charge in [-0.1, -0.05) is 18.2 Å². The molecule has 2 N–H and O–H groups in total. The first-order valence-electron chi connectivity index (χ1n) is 7.30. The van der Waals surface area contributed by atoms with Crippen molar-refractivity contribution in [1.29, 1.82) is 0 Å². The van der Waals surface area contributed by atoms with Crippen LogP contribution >= 0.6 is 0 Å². The van der Waals surface area contributed by atoms with Gasteiger partial charge in [0.25, 0.3) is 5.91 Å². The fourth-order valence-electron chi connectivity index (χ4n) is 2.57. The third-order valence-corrected chi connectivity index (χ3v) is 3.97. The summed E-state index contributed by atoms with van der Waals surface area (Å²) in [5.74, 6) is -1.13. The highest BCUT2D eigenvalue weighted by Gasteiger charge is 2.34. The van der Waals surface area contributed by atoms with Gasteiger partial charge in [-0.25, -0.2) is 4.39 Å². The van der Waals surface area contributed by atoms with E-state index in [1.165, 1.54) is 12.3 Å². The largest absolute Gasteiger partial charge is 0.369 e. The second kappa shape index (κ2) is 6.16. The quantitative estimate of drug-likeness (QED) is 0.926. The van der Waals surface area contributed by atoms with E-state index in [0.29, 0.717) is 30.6 Å². The van der Waals surface area contributed by atoms with Crippen LogP contribution < -0.4 is 5.73 Å². The molecule has 23 heavy (non-hydrogen) atoms. The molecule has 118 valence electrons. The summed E-state index contributed by atoms with van der Waals surface area (Å²) in [6.45, 7) is 0.678. The molecule has 0 saturated carbocycles. The Morgan fingerprint density at radius 3 is 2.70 bits per heavy atom. The number of hydrogen-bond acceptors (Lipinski definition) is 3. The van der Waals surface area contributed by atoms with Crippen LogP contribution in [0.1, 0.15) is 21.5 Å². The van der Waals surface area contributed by atoms with Crippen LogP contribution in [0, 0.1) is 11.7 Å². The summed E-state index contributed by atoms with van der Waals surface area (Å²) in [5, 5.41) is 0. The van der Waals surface area contributed by atoms with Crippen molar-refractivity contribution in [3.63, 3.8) is 0 Å². The highest BCUT2D eigenvalue weighted by atomic mass is 19.1. The highest BCUT2D eigenvalue weighted by Crippen LogP contribution is 2.19. The van der Waals surface area contributed by atoms with Gasteiger partial charge in [0.05, 0.1) is 11.5 Å². The molecule has 1 aliphatic rings. The minimum Gasteiger partial charge on any atom is -0.369 e. The number of aromatic nitrogens is 1. The number of benzene rings is 1. The van der Waals surface area contributed by atoms with Gasteiger partial charge in [0.15, 0.2) is 0 Å². The first-order valence-corrected chi connectivity index (χ1v) is 7.30. The number of nitrogens with two attached hydrogens (primary N) is 1. The Labute approximate surface area is 132 Å². The van der Waals surface area contributed by atoms with Crippen LogP contribution in [0.5, 0.6) is 0 Å². The van der Waals surface area contributed by atoms with E-state index >= 15 is 0 Å². The molecule has 2 aromatic rings. The second-order valence-electron chi connectivity index (χ2n) is 5.66. The standard InChI is InChI=1S/C17H16FN3O2/c18-15-4-2-1-3-12(15)5-11-6-13(8-20-7-11)17(23)21-9-14(10-21)16(19)22/h1-4,6-8,14H,5,9-10H2,(H2,19,22). The lowest BCUT2D eigenvalue weighted by Crippen LogP contribution is -2.54. The Kier molecular flexibility index (Phi) is 4.06. The van der Waals surface area contributed by atoms with Crippen molar-refractivity contribution in [2.45, 2.75) is 6.42 Å². The monoisotopic (exact) mass is 313 g/mol. The molecule has 1 aromatic carbocycles. The molecule has 1 saturated heterocycles. The molecule has 0 unspecified atom stereocenters. The minimum atomic E-state index is -0.388. The van der Waals surface area contributed by atoms with Crippen LogP contribution in [0.25, 0.3) is 0 Å². The van der Waals surface area contributed by atoms with Crippen molar-refractivity contribution in [3.05, 3.63) is 65.2 Å². The Balaban J connectivity index is 1.72. The number of nitrogens with zero attached hydrogens (tertiary/aromatic N) is 2. The van der Waals surface area contributed by atoms with Crippen molar-refractivity contribution >= 4 is 11.8 Å². The number of hydrogen-bond donors (Lipinski definition) is 1. The lowest BCUT2D eigenvalue weighted by molar-refractivity contribution is -0.125. The average Bonchev–Trinajstić information content (AvgIpc) is 2.48. The number of primary amides is 1. The first kappa shape index (κ1) is 15.1. The lowest BCUT2D eigenvalue weighted by Gasteiger charge is -2.37. The first-order chi connectivity index (χ1) is 11.0. The molecule has 0 bridgehead atoms. The second-order valence-corrected chi connectivity index (χ2v) is 5.66. The Hall–Kier alpha value is -2.76. The maximum Gasteiger partial charge on any atom is 0.255 e. The number of amides is 2. The maximum atomic E-state index is 13.7. The third kappa shape index (κ3) is 3.21. The molecule has 6 heteroatoms. The lowest BCUT2D eigenvalue weighted by atomic mass is 9.98. The third-order valence-electron chi connectivity index (χ3n) is 3.97. The van der Waals surface area contributed by atoms with E-state index in [0.717, 1.165) is 5.56 Å². The van der Waals surface area contributed by atoms with Crippen molar-refractivity contribution < 1.29 is 14.0 Å². The molecule has 3 rings (SSSR count). The summed E-state index contributed by atoms with van der Waals surface area (Å²) in [6.07, 6.45) is 3.46. The number of carbonyl (C=O) groups is 2. The molecule has 5 nitrogen and oxygen atoms in total. The average molecular weight is 313 g/mol. The molecule has 2 heterocycles. The molecular weight excluding hydrogens is 297 g/mol. The van der Waals surface area contributed by atoms with E-state index in [1.807, 2.05) is 0 Å². The molecular formula is C17H16FN3O2. The zero-order valence-electron chi connectivity index (χ0n) is 12.4. The number of carbonyl (C=O) groups excluding carboxylic acids is 2. The van der Waals surface area contributed by atoms with Crippen molar-refractivity contribution in [1.82, 2.24) is 9.88 Å². The van der Waals surface area contributed by atoms with Gasteiger partial charge in [-0.2, -0.15) is 0 Å². The highest BCUT2D eigenvalue weighted by molar-refractivity contribution is 5.95. The zero-order chi connectivity index (χ0) is 16.4. The molecule has 0 radical (unpaired) electrons. The smallest absolute Gasteiger partial charge is 0.255 e. The van der Waals surface area contributed by atoms with Crippen LogP contribution in [0.4, 0.5) is 4.39 Å². The van der Waals surface area contributed by atoms with Crippen molar-refractivity contribution in [2.24, 2.45) is 11.7 Å². The predicted molar refractivity (Wildman–Crippen MR) is 82.0 cm³/mol. The fourth-order valence-corrected chi connectivity index (χ4v) is 2.57. The van der Waals surface area contributed by atoms with Gasteiger partial charge >= 0.3 is 0 Å². The van der Waals surface area contributed by atoms with E-state index in [-0.39, 0.29) is 23.5 Å². The van der Waals surface area contributed by atoms with Gasteiger partial charge in [0, 0.05) is 31.9 Å². The Bertz CT molecular complexity index is 757. The van der Waals surface area contributed by atoms with Gasteiger partial charge in [-0.05, 0) is 23.3 Å². The molecule has 0 atom stereocenters. The van der Waals surface area contributed by atoms with Crippen molar-refractivity contribution in [3.8, 4) is 0 Å². The number of rotatable bonds is 4. The SMILES string of the molecule is NC(=O)C1CN(C(=O)c2cncc(Cc3ccccc3F)c2)C1. The van der Waals surface area contributed by atoms with E-state index in [4.69, 9.17) is 5.73 Å². The van der Waals surface area contributed by atoms with Crippen LogP contribution in [-0.2, 0) is 11.2 Å². The van der Waals surface area contributed by atoms with E-state index in [2.05, 4.69) is 4.98 Å². The van der Waals surface area contributed by atoms with Gasteiger partial charge in [-0.3, -0.25) is 14.6 Å². The molecule has 0 aliphatic carbocycles. The van der Waals surface area contributed by atoms with Gasteiger partial charge in [0.2, 0.25) is 5.91 Å². The molecule has 1 fully saturated rings. The summed E-state index contributed by atoms with van der Waals surface area (Å²) in [5.41, 5.74) is 6.94. The van der Waals surface area contributed by atoms with Crippen LogP contribution in [0.15, 0.2) is 42.7 Å². The predicted octanol–water partition coefficient (Wildman–Crippen LogP) is 1.37. The van der Waals surface area contributed by atoms with E-state index < -0.39 is 0 Å². The summed E-state index contributed by atoms with van der Waals surface area (Å²) >= 11 is 0. The Morgan fingerprint density at radius 1 is 1.26 bits per heavy atom. The van der Waals surface area contributed by atoms with Crippen LogP contribution in [0.2, 0.25) is 0 Å². The topological polar surface area (TPSA) is 76.3 Å². The molecule has 2 amide bonds. The zero-order valence-corrected chi connectivity index (χ0v) is 12.4. The van der Waals surface area contributed by atoms with Crippen LogP contribution in [0.3, 0.4) is 0 Å².